The average molecular weight is 421 g/mol. The van der Waals surface area contributed by atoms with Gasteiger partial charge in [0.1, 0.15) is 5.75 Å². The van der Waals surface area contributed by atoms with Crippen LogP contribution in [0.15, 0.2) is 33.8 Å². The summed E-state index contributed by atoms with van der Waals surface area (Å²) in [7, 11) is 0. The van der Waals surface area contributed by atoms with Gasteiger partial charge < -0.3 is 9.84 Å². The van der Waals surface area contributed by atoms with Gasteiger partial charge >= 0.3 is 6.18 Å². The lowest BCUT2D eigenvalue weighted by Crippen LogP contribution is -2.62. The van der Waals surface area contributed by atoms with E-state index in [0.717, 1.165) is 4.47 Å². The first-order valence-electron chi connectivity index (χ1n) is 7.81. The molecule has 25 heavy (non-hydrogen) atoms. The van der Waals surface area contributed by atoms with Gasteiger partial charge in [-0.1, -0.05) is 22.4 Å². The summed E-state index contributed by atoms with van der Waals surface area (Å²) in [5.41, 5.74) is -3.08. The number of alkyl halides is 3. The topological polar surface area (TPSA) is 62.1 Å². The van der Waals surface area contributed by atoms with E-state index in [9.17, 15) is 23.1 Å². The maximum absolute atomic E-state index is 13.6. The molecule has 1 aliphatic heterocycles. The highest BCUT2D eigenvalue weighted by Gasteiger charge is 2.68. The van der Waals surface area contributed by atoms with Crippen molar-refractivity contribution in [3.63, 3.8) is 0 Å². The highest BCUT2D eigenvalue weighted by atomic mass is 79.9. The Balaban J connectivity index is 1.79. The first-order valence-corrected chi connectivity index (χ1v) is 8.60. The fourth-order valence-electron chi connectivity index (χ4n) is 3.20. The third kappa shape index (κ3) is 3.27. The zero-order valence-electron chi connectivity index (χ0n) is 13.1. The summed E-state index contributed by atoms with van der Waals surface area (Å²) in [6, 6.07) is 6.50. The molecule has 0 aromatic heterocycles. The quantitative estimate of drug-likeness (QED) is 0.814. The lowest BCUT2D eigenvalue weighted by Gasteiger charge is -2.38. The van der Waals surface area contributed by atoms with E-state index in [1.54, 1.807) is 24.3 Å². The van der Waals surface area contributed by atoms with Crippen molar-refractivity contribution in [1.82, 2.24) is 5.01 Å². The summed E-state index contributed by atoms with van der Waals surface area (Å²) >= 11 is 3.24. The van der Waals surface area contributed by atoms with Gasteiger partial charge in [-0.2, -0.15) is 23.3 Å². The van der Waals surface area contributed by atoms with Crippen LogP contribution in [0.5, 0.6) is 5.75 Å². The summed E-state index contributed by atoms with van der Waals surface area (Å²) in [5.74, 6) is -1.92. The minimum absolute atomic E-state index is 0.145. The number of amides is 1. The van der Waals surface area contributed by atoms with Crippen LogP contribution in [0.2, 0.25) is 0 Å². The number of carbonyl (C=O) groups excluding carboxylic acids is 1. The van der Waals surface area contributed by atoms with Crippen LogP contribution in [0.4, 0.5) is 13.2 Å². The maximum Gasteiger partial charge on any atom is 0.439 e. The number of carbonyl (C=O) groups is 1. The predicted molar refractivity (Wildman–Crippen MR) is 86.9 cm³/mol. The second-order valence-corrected chi connectivity index (χ2v) is 6.98. The Labute approximate surface area is 150 Å². The van der Waals surface area contributed by atoms with Crippen LogP contribution < -0.4 is 4.74 Å². The molecule has 1 heterocycles. The van der Waals surface area contributed by atoms with Crippen LogP contribution in [-0.2, 0) is 4.79 Å². The van der Waals surface area contributed by atoms with E-state index in [2.05, 4.69) is 21.0 Å². The molecule has 0 bridgehead atoms. The molecule has 0 radical (unpaired) electrons. The van der Waals surface area contributed by atoms with Crippen molar-refractivity contribution in [3.8, 4) is 5.75 Å². The van der Waals surface area contributed by atoms with Crippen LogP contribution in [-0.4, -0.2) is 40.2 Å². The Morgan fingerprint density at radius 2 is 2.04 bits per heavy atom. The van der Waals surface area contributed by atoms with E-state index in [-0.39, 0.29) is 17.1 Å². The zero-order valence-corrected chi connectivity index (χ0v) is 14.7. The van der Waals surface area contributed by atoms with Crippen molar-refractivity contribution in [3.05, 3.63) is 28.7 Å². The number of ether oxygens (including phenoxy) is 1. The molecular weight excluding hydrogens is 405 g/mol. The van der Waals surface area contributed by atoms with Crippen LogP contribution in [0.1, 0.15) is 25.7 Å². The molecule has 1 amide bonds. The van der Waals surface area contributed by atoms with Gasteiger partial charge in [-0.15, -0.1) is 0 Å². The highest BCUT2D eigenvalue weighted by Crippen LogP contribution is 2.48. The van der Waals surface area contributed by atoms with Crippen LogP contribution >= 0.6 is 15.9 Å². The summed E-state index contributed by atoms with van der Waals surface area (Å²) in [6.07, 6.45) is -3.26. The Morgan fingerprint density at radius 3 is 2.68 bits per heavy atom. The first-order chi connectivity index (χ1) is 11.7. The average Bonchev–Trinajstić information content (AvgIpc) is 2.89. The van der Waals surface area contributed by atoms with E-state index in [0.29, 0.717) is 25.0 Å². The van der Waals surface area contributed by atoms with E-state index in [4.69, 9.17) is 4.74 Å². The Kier molecular flexibility index (Phi) is 4.80. The third-order valence-electron chi connectivity index (χ3n) is 4.44. The van der Waals surface area contributed by atoms with Crippen LogP contribution in [0, 0.1) is 5.92 Å². The molecular formula is C16H16BrF3N2O3. The number of hydrogen-bond donors (Lipinski definition) is 1. The molecule has 1 N–H and O–H groups in total. The normalized spacial score (nSPS) is 26.2. The molecule has 9 heteroatoms. The summed E-state index contributed by atoms with van der Waals surface area (Å²) in [6.45, 7) is -0.649. The van der Waals surface area contributed by atoms with Crippen molar-refractivity contribution < 1.29 is 27.8 Å². The SMILES string of the molecule is O=C(COc1ccc(Br)cc1)N1N=C2CCCCC2C1(O)C(F)(F)F. The number of hydrogen-bond acceptors (Lipinski definition) is 4. The number of benzene rings is 1. The minimum Gasteiger partial charge on any atom is -0.484 e. The van der Waals surface area contributed by atoms with Gasteiger partial charge in [0.15, 0.2) is 6.61 Å². The Morgan fingerprint density at radius 1 is 1.36 bits per heavy atom. The monoisotopic (exact) mass is 420 g/mol. The summed E-state index contributed by atoms with van der Waals surface area (Å²) in [4.78, 5) is 12.3. The van der Waals surface area contributed by atoms with Crippen LogP contribution in [0.3, 0.4) is 0 Å². The molecule has 136 valence electrons. The number of fused-ring (bicyclic) bond motifs is 1. The molecule has 2 atom stereocenters. The molecule has 1 fully saturated rings. The van der Waals surface area contributed by atoms with E-state index >= 15 is 0 Å². The van der Waals surface area contributed by atoms with E-state index < -0.39 is 30.3 Å². The summed E-state index contributed by atoms with van der Waals surface area (Å²) in [5, 5.41) is 14.4. The standard InChI is InChI=1S/C16H16BrF3N2O3/c17-10-5-7-11(8-6-10)25-9-14(23)22-15(24,16(18,19)20)12-3-1-2-4-13(12)21-22/h5-8,12,24H,1-4,9H2. The lowest BCUT2D eigenvalue weighted by molar-refractivity contribution is -0.317. The molecule has 1 aliphatic carbocycles. The van der Waals surface area contributed by atoms with Gasteiger partial charge in [0.2, 0.25) is 0 Å². The zero-order chi connectivity index (χ0) is 18.2. The van der Waals surface area contributed by atoms with Gasteiger partial charge in [0, 0.05) is 10.2 Å². The molecule has 0 saturated heterocycles. The van der Waals surface area contributed by atoms with E-state index in [1.807, 2.05) is 0 Å². The Hall–Kier alpha value is -1.61. The molecule has 2 unspecified atom stereocenters. The Bertz CT molecular complexity index is 693. The number of hydrazone groups is 1. The summed E-state index contributed by atoms with van der Waals surface area (Å²) < 4.78 is 46.7. The first kappa shape index (κ1) is 18.2. The lowest BCUT2D eigenvalue weighted by atomic mass is 9.80. The molecule has 1 aromatic carbocycles. The van der Waals surface area contributed by atoms with Gasteiger partial charge in [0.25, 0.3) is 11.6 Å². The van der Waals surface area contributed by atoms with Crippen molar-refractivity contribution in [1.29, 1.82) is 0 Å². The third-order valence-corrected chi connectivity index (χ3v) is 4.97. The second-order valence-electron chi connectivity index (χ2n) is 6.06. The highest BCUT2D eigenvalue weighted by molar-refractivity contribution is 9.10. The molecule has 1 saturated carbocycles. The van der Waals surface area contributed by atoms with Gasteiger partial charge in [0.05, 0.1) is 5.92 Å². The van der Waals surface area contributed by atoms with Gasteiger partial charge in [-0.3, -0.25) is 4.79 Å². The van der Waals surface area contributed by atoms with Crippen molar-refractivity contribution in [2.24, 2.45) is 11.0 Å². The van der Waals surface area contributed by atoms with Crippen LogP contribution in [0.25, 0.3) is 0 Å². The van der Waals surface area contributed by atoms with Gasteiger partial charge in [-0.05, 0) is 43.5 Å². The molecule has 0 spiro atoms. The second kappa shape index (κ2) is 6.60. The van der Waals surface area contributed by atoms with Crippen molar-refractivity contribution >= 4 is 27.5 Å². The molecule has 5 nitrogen and oxygen atoms in total. The number of aliphatic hydroxyl groups is 1. The molecule has 3 rings (SSSR count). The van der Waals surface area contributed by atoms with E-state index in [1.165, 1.54) is 0 Å². The van der Waals surface area contributed by atoms with Crippen molar-refractivity contribution in [2.75, 3.05) is 6.61 Å². The fourth-order valence-corrected chi connectivity index (χ4v) is 3.47. The largest absolute Gasteiger partial charge is 0.484 e. The smallest absolute Gasteiger partial charge is 0.439 e. The number of halogens is 4. The fraction of sp³-hybridized carbons (Fsp3) is 0.500. The minimum atomic E-state index is -5.01. The van der Waals surface area contributed by atoms with Crippen molar-refractivity contribution in [2.45, 2.75) is 37.6 Å². The van der Waals surface area contributed by atoms with Gasteiger partial charge in [-0.25, -0.2) is 0 Å². The maximum atomic E-state index is 13.6. The predicted octanol–water partition coefficient (Wildman–Crippen LogP) is 3.47. The molecule has 1 aromatic rings. The number of rotatable bonds is 3. The molecule has 2 aliphatic rings. The number of nitrogens with zero attached hydrogens (tertiary/aromatic N) is 2.